The number of aromatic nitrogens is 3. The molecule has 0 saturated heterocycles. The lowest BCUT2D eigenvalue weighted by Gasteiger charge is -2.11. The van der Waals surface area contributed by atoms with Crippen molar-refractivity contribution in [2.45, 2.75) is 25.9 Å². The number of benzene rings is 1. The third-order valence-electron chi connectivity index (χ3n) is 2.71. The van der Waals surface area contributed by atoms with Crippen LogP contribution in [-0.2, 0) is 13.0 Å². The first-order valence-corrected chi connectivity index (χ1v) is 5.62. The normalized spacial score (nSPS) is 12.6. The summed E-state index contributed by atoms with van der Waals surface area (Å²) in [7, 11) is 0. The van der Waals surface area contributed by atoms with Crippen molar-refractivity contribution in [3.63, 3.8) is 0 Å². The molecule has 5 heteroatoms. The van der Waals surface area contributed by atoms with Gasteiger partial charge < -0.3 is 15.4 Å². The van der Waals surface area contributed by atoms with Crippen molar-refractivity contribution < 1.29 is 5.11 Å². The van der Waals surface area contributed by atoms with Crippen molar-refractivity contribution in [1.82, 2.24) is 14.8 Å². The van der Waals surface area contributed by atoms with E-state index in [0.29, 0.717) is 6.42 Å². The zero-order chi connectivity index (χ0) is 12.3. The van der Waals surface area contributed by atoms with Crippen LogP contribution >= 0.6 is 0 Å². The van der Waals surface area contributed by atoms with E-state index in [9.17, 15) is 5.11 Å². The largest absolute Gasteiger partial charge is 0.508 e. The predicted octanol–water partition coefficient (Wildman–Crippen LogP) is 1.25. The monoisotopic (exact) mass is 232 g/mol. The van der Waals surface area contributed by atoms with E-state index in [0.717, 1.165) is 17.9 Å². The van der Waals surface area contributed by atoms with E-state index >= 15 is 0 Å². The third-order valence-corrected chi connectivity index (χ3v) is 2.71. The van der Waals surface area contributed by atoms with Crippen LogP contribution in [0.2, 0.25) is 0 Å². The average Bonchev–Trinajstić information content (AvgIpc) is 2.80. The maximum atomic E-state index is 9.20. The Morgan fingerprint density at radius 2 is 2.06 bits per heavy atom. The van der Waals surface area contributed by atoms with E-state index in [2.05, 4.69) is 10.2 Å². The van der Waals surface area contributed by atoms with Gasteiger partial charge in [0.05, 0.1) is 6.04 Å². The summed E-state index contributed by atoms with van der Waals surface area (Å²) in [5.74, 6) is 1.06. The number of nitrogens with two attached hydrogens (primary N) is 1. The first kappa shape index (κ1) is 11.6. The molecule has 1 aromatic heterocycles. The van der Waals surface area contributed by atoms with E-state index in [4.69, 9.17) is 5.73 Å². The fourth-order valence-corrected chi connectivity index (χ4v) is 1.77. The Labute approximate surface area is 99.9 Å². The molecule has 1 unspecified atom stereocenters. The molecule has 0 aliphatic heterocycles. The molecule has 2 rings (SSSR count). The van der Waals surface area contributed by atoms with Gasteiger partial charge in [0.2, 0.25) is 0 Å². The quantitative estimate of drug-likeness (QED) is 0.831. The third kappa shape index (κ3) is 2.62. The summed E-state index contributed by atoms with van der Waals surface area (Å²) in [4.78, 5) is 0. The molecule has 3 N–H and O–H groups in total. The lowest BCUT2D eigenvalue weighted by atomic mass is 10.1. The number of phenols is 1. The van der Waals surface area contributed by atoms with E-state index in [-0.39, 0.29) is 11.8 Å². The van der Waals surface area contributed by atoms with Gasteiger partial charge in [-0.2, -0.15) is 0 Å². The smallest absolute Gasteiger partial charge is 0.150 e. The number of hydrogen-bond acceptors (Lipinski definition) is 4. The molecule has 0 aliphatic rings. The fraction of sp³-hybridized carbons (Fsp3) is 0.333. The molecule has 5 nitrogen and oxygen atoms in total. The molecule has 90 valence electrons. The predicted molar refractivity (Wildman–Crippen MR) is 64.4 cm³/mol. The molecule has 1 aromatic carbocycles. The SMILES string of the molecule is CCn1cnnc1C(N)Cc1ccc(O)cc1. The van der Waals surface area contributed by atoms with Gasteiger partial charge in [-0.3, -0.25) is 0 Å². The molecule has 17 heavy (non-hydrogen) atoms. The van der Waals surface area contributed by atoms with Gasteiger partial charge in [-0.1, -0.05) is 12.1 Å². The second-order valence-electron chi connectivity index (χ2n) is 3.95. The molecular formula is C12H16N4O. The van der Waals surface area contributed by atoms with Crippen LogP contribution in [0.15, 0.2) is 30.6 Å². The summed E-state index contributed by atoms with van der Waals surface area (Å²) >= 11 is 0. The molecule has 1 heterocycles. The minimum absolute atomic E-state index is 0.179. The molecule has 0 saturated carbocycles. The number of rotatable bonds is 4. The lowest BCUT2D eigenvalue weighted by Crippen LogP contribution is -2.18. The first-order valence-electron chi connectivity index (χ1n) is 5.62. The highest BCUT2D eigenvalue weighted by molar-refractivity contribution is 5.26. The zero-order valence-electron chi connectivity index (χ0n) is 9.74. The van der Waals surface area contributed by atoms with Gasteiger partial charge in [-0.15, -0.1) is 10.2 Å². The number of aryl methyl sites for hydroxylation is 1. The summed E-state index contributed by atoms with van der Waals surface area (Å²) < 4.78 is 1.94. The van der Waals surface area contributed by atoms with Gasteiger partial charge in [0, 0.05) is 6.54 Å². The van der Waals surface area contributed by atoms with Gasteiger partial charge in [0.25, 0.3) is 0 Å². The topological polar surface area (TPSA) is 77.0 Å². The molecule has 0 amide bonds. The molecule has 2 aromatic rings. The highest BCUT2D eigenvalue weighted by Gasteiger charge is 2.13. The van der Waals surface area contributed by atoms with Gasteiger partial charge in [-0.25, -0.2) is 0 Å². The standard InChI is InChI=1S/C12H16N4O/c1-2-16-8-14-15-12(16)11(13)7-9-3-5-10(17)6-4-9/h3-6,8,11,17H,2,7,13H2,1H3. The number of phenolic OH excluding ortho intramolecular Hbond substituents is 1. The Morgan fingerprint density at radius 1 is 1.35 bits per heavy atom. The number of aromatic hydroxyl groups is 1. The van der Waals surface area contributed by atoms with Crippen molar-refractivity contribution in [3.8, 4) is 5.75 Å². The van der Waals surface area contributed by atoms with Crippen LogP contribution < -0.4 is 5.73 Å². The second kappa shape index (κ2) is 4.97. The molecule has 0 aliphatic carbocycles. The summed E-state index contributed by atoms with van der Waals surface area (Å²) in [6, 6.07) is 6.87. The van der Waals surface area contributed by atoms with Gasteiger partial charge in [0.1, 0.15) is 17.9 Å². The molecule has 0 bridgehead atoms. The van der Waals surface area contributed by atoms with Crippen LogP contribution in [0.1, 0.15) is 24.4 Å². The Kier molecular flexibility index (Phi) is 3.39. The Bertz CT molecular complexity index is 478. The summed E-state index contributed by atoms with van der Waals surface area (Å²) in [6.45, 7) is 2.84. The zero-order valence-corrected chi connectivity index (χ0v) is 9.74. The Balaban J connectivity index is 2.11. The van der Waals surface area contributed by atoms with Crippen LogP contribution in [-0.4, -0.2) is 19.9 Å². The van der Waals surface area contributed by atoms with Crippen molar-refractivity contribution >= 4 is 0 Å². The summed E-state index contributed by atoms with van der Waals surface area (Å²) in [5, 5.41) is 17.1. The average molecular weight is 232 g/mol. The molecule has 0 spiro atoms. The molecule has 0 fully saturated rings. The van der Waals surface area contributed by atoms with Crippen molar-refractivity contribution in [2.24, 2.45) is 5.73 Å². The van der Waals surface area contributed by atoms with Gasteiger partial charge >= 0.3 is 0 Å². The van der Waals surface area contributed by atoms with Crippen molar-refractivity contribution in [2.75, 3.05) is 0 Å². The maximum Gasteiger partial charge on any atom is 0.150 e. The Hall–Kier alpha value is -1.88. The number of nitrogens with zero attached hydrogens (tertiary/aromatic N) is 3. The van der Waals surface area contributed by atoms with E-state index < -0.39 is 0 Å². The first-order chi connectivity index (χ1) is 8.20. The minimum Gasteiger partial charge on any atom is -0.508 e. The fourth-order valence-electron chi connectivity index (χ4n) is 1.77. The highest BCUT2D eigenvalue weighted by Crippen LogP contribution is 2.16. The maximum absolute atomic E-state index is 9.20. The van der Waals surface area contributed by atoms with Crippen molar-refractivity contribution in [1.29, 1.82) is 0 Å². The minimum atomic E-state index is -0.179. The second-order valence-corrected chi connectivity index (χ2v) is 3.95. The van der Waals surface area contributed by atoms with Crippen LogP contribution in [0.25, 0.3) is 0 Å². The summed E-state index contributed by atoms with van der Waals surface area (Å²) in [5.41, 5.74) is 7.17. The molecular weight excluding hydrogens is 216 g/mol. The summed E-state index contributed by atoms with van der Waals surface area (Å²) in [6.07, 6.45) is 2.37. The van der Waals surface area contributed by atoms with Crippen LogP contribution in [0, 0.1) is 0 Å². The van der Waals surface area contributed by atoms with Crippen LogP contribution in [0.4, 0.5) is 0 Å². The van der Waals surface area contributed by atoms with Crippen LogP contribution in [0.5, 0.6) is 5.75 Å². The van der Waals surface area contributed by atoms with E-state index in [1.807, 2.05) is 23.6 Å². The number of hydrogen-bond donors (Lipinski definition) is 2. The van der Waals surface area contributed by atoms with E-state index in [1.54, 1.807) is 18.5 Å². The van der Waals surface area contributed by atoms with Gasteiger partial charge in [-0.05, 0) is 31.0 Å². The van der Waals surface area contributed by atoms with Gasteiger partial charge in [0.15, 0.2) is 0 Å². The highest BCUT2D eigenvalue weighted by atomic mass is 16.3. The van der Waals surface area contributed by atoms with Crippen molar-refractivity contribution in [3.05, 3.63) is 42.0 Å². The van der Waals surface area contributed by atoms with E-state index in [1.165, 1.54) is 0 Å². The Morgan fingerprint density at radius 3 is 2.71 bits per heavy atom. The molecule has 0 radical (unpaired) electrons. The lowest BCUT2D eigenvalue weighted by molar-refractivity contribution is 0.475. The molecule has 1 atom stereocenters. The van der Waals surface area contributed by atoms with Crippen LogP contribution in [0.3, 0.4) is 0 Å².